The first kappa shape index (κ1) is 26.7. The molecule has 2 aromatic rings. The van der Waals surface area contributed by atoms with Crippen LogP contribution < -0.4 is 21.7 Å². The third-order valence-electron chi connectivity index (χ3n) is 5.13. The maximum absolute atomic E-state index is 12.8. The van der Waals surface area contributed by atoms with Gasteiger partial charge in [0.2, 0.25) is 17.7 Å². The molecule has 186 valence electrons. The molecule has 1 aromatic carbocycles. The number of H-pyrrole nitrogens is 1. The molecule has 0 radical (unpaired) electrons. The molecule has 10 N–H and O–H groups in total. The van der Waals surface area contributed by atoms with Gasteiger partial charge in [-0.3, -0.25) is 14.4 Å². The number of benzene rings is 1. The molecule has 13 nitrogen and oxygen atoms in total. The lowest BCUT2D eigenvalue weighted by atomic mass is 10.0. The minimum atomic E-state index is -1.59. The average Bonchev–Trinajstić information content (AvgIpc) is 3.21. The number of hydrogen-bond donors (Lipinski definition) is 9. The van der Waals surface area contributed by atoms with E-state index in [1.807, 2.05) is 12.1 Å². The van der Waals surface area contributed by atoms with Gasteiger partial charge in [-0.25, -0.2) is 4.79 Å². The van der Waals surface area contributed by atoms with Gasteiger partial charge in [0.15, 0.2) is 0 Å². The van der Waals surface area contributed by atoms with Crippen LogP contribution in [0.3, 0.4) is 0 Å². The van der Waals surface area contributed by atoms with Crippen molar-refractivity contribution in [3.8, 4) is 0 Å². The van der Waals surface area contributed by atoms with Crippen molar-refractivity contribution in [1.82, 2.24) is 20.9 Å². The van der Waals surface area contributed by atoms with Gasteiger partial charge >= 0.3 is 5.97 Å². The van der Waals surface area contributed by atoms with Crippen LogP contribution in [0.1, 0.15) is 12.5 Å². The summed E-state index contributed by atoms with van der Waals surface area (Å²) in [6, 6.07) is 1.39. The van der Waals surface area contributed by atoms with Crippen LogP contribution in [-0.4, -0.2) is 92.6 Å². The number of hydrogen-bond acceptors (Lipinski definition) is 8. The Bertz CT molecular complexity index is 1020. The van der Waals surface area contributed by atoms with E-state index in [-0.39, 0.29) is 6.42 Å². The molecule has 0 fully saturated rings. The highest BCUT2D eigenvalue weighted by Gasteiger charge is 2.32. The third-order valence-corrected chi connectivity index (χ3v) is 5.13. The van der Waals surface area contributed by atoms with Gasteiger partial charge in [0.25, 0.3) is 0 Å². The van der Waals surface area contributed by atoms with Crippen molar-refractivity contribution in [3.05, 3.63) is 36.0 Å². The van der Waals surface area contributed by atoms with Crippen LogP contribution in [0.4, 0.5) is 0 Å². The quantitative estimate of drug-likeness (QED) is 0.150. The summed E-state index contributed by atoms with van der Waals surface area (Å²) in [5.41, 5.74) is 6.79. The fraction of sp³-hybridized carbons (Fsp3) is 0.429. The van der Waals surface area contributed by atoms with E-state index in [2.05, 4.69) is 20.9 Å². The van der Waals surface area contributed by atoms with E-state index in [0.29, 0.717) is 5.56 Å². The number of rotatable bonds is 12. The summed E-state index contributed by atoms with van der Waals surface area (Å²) in [5, 5.41) is 45.3. The first-order valence-corrected chi connectivity index (χ1v) is 10.4. The molecular weight excluding hydrogens is 450 g/mol. The van der Waals surface area contributed by atoms with Crippen molar-refractivity contribution >= 4 is 34.6 Å². The minimum absolute atomic E-state index is 0.0695. The number of nitrogens with two attached hydrogens (primary N) is 1. The van der Waals surface area contributed by atoms with Crippen molar-refractivity contribution in [1.29, 1.82) is 0 Å². The first-order valence-electron chi connectivity index (χ1n) is 10.4. The van der Waals surface area contributed by atoms with Crippen molar-refractivity contribution < 1.29 is 39.6 Å². The van der Waals surface area contributed by atoms with Crippen LogP contribution in [0.5, 0.6) is 0 Å². The Morgan fingerprint density at radius 2 is 1.62 bits per heavy atom. The van der Waals surface area contributed by atoms with Crippen molar-refractivity contribution in [3.63, 3.8) is 0 Å². The molecule has 0 aliphatic carbocycles. The molecule has 0 bridgehead atoms. The summed E-state index contributed by atoms with van der Waals surface area (Å²) in [7, 11) is 0. The topological polar surface area (TPSA) is 227 Å². The van der Waals surface area contributed by atoms with Gasteiger partial charge < -0.3 is 47.1 Å². The van der Waals surface area contributed by atoms with Gasteiger partial charge in [-0.05, 0) is 18.6 Å². The van der Waals surface area contributed by atoms with E-state index in [0.717, 1.165) is 10.9 Å². The maximum Gasteiger partial charge on any atom is 0.326 e. The van der Waals surface area contributed by atoms with Gasteiger partial charge in [0.05, 0.1) is 19.3 Å². The summed E-state index contributed by atoms with van der Waals surface area (Å²) in [6.07, 6.45) is 0.118. The number of amides is 3. The second kappa shape index (κ2) is 12.1. The Balaban J connectivity index is 2.11. The molecule has 13 heteroatoms. The lowest BCUT2D eigenvalue weighted by Crippen LogP contribution is -2.60. The number of carbonyl (C=O) groups excluding carboxylic acids is 3. The van der Waals surface area contributed by atoms with E-state index in [1.54, 1.807) is 18.3 Å². The fourth-order valence-electron chi connectivity index (χ4n) is 3.20. The zero-order valence-corrected chi connectivity index (χ0v) is 18.4. The molecule has 1 heterocycles. The number of aromatic amines is 1. The Morgan fingerprint density at radius 3 is 2.21 bits per heavy atom. The zero-order chi connectivity index (χ0) is 25.4. The molecule has 2 rings (SSSR count). The molecule has 3 amide bonds. The Labute approximate surface area is 194 Å². The minimum Gasteiger partial charge on any atom is -0.480 e. The highest BCUT2D eigenvalue weighted by Crippen LogP contribution is 2.19. The Kier molecular flexibility index (Phi) is 9.50. The summed E-state index contributed by atoms with van der Waals surface area (Å²) >= 11 is 0. The van der Waals surface area contributed by atoms with E-state index < -0.39 is 67.2 Å². The molecule has 5 unspecified atom stereocenters. The number of aliphatic hydroxyl groups excluding tert-OH is 3. The number of carboxylic acid groups (broad SMARTS) is 1. The maximum atomic E-state index is 12.8. The first-order chi connectivity index (χ1) is 16.1. The van der Waals surface area contributed by atoms with E-state index in [9.17, 15) is 34.5 Å². The Hall–Kier alpha value is -3.52. The number of carbonyl (C=O) groups is 4. The lowest BCUT2D eigenvalue weighted by Gasteiger charge is -2.25. The molecule has 0 spiro atoms. The van der Waals surface area contributed by atoms with Gasteiger partial charge in [0.1, 0.15) is 24.2 Å². The predicted octanol–water partition coefficient (Wildman–Crippen LogP) is -3.06. The number of fused-ring (bicyclic) bond motifs is 1. The van der Waals surface area contributed by atoms with Gasteiger partial charge in [0, 0.05) is 23.5 Å². The van der Waals surface area contributed by atoms with Crippen molar-refractivity contribution in [2.24, 2.45) is 5.73 Å². The van der Waals surface area contributed by atoms with Crippen molar-refractivity contribution in [2.45, 2.75) is 43.6 Å². The molecule has 0 aliphatic rings. The number of aliphatic hydroxyl groups is 3. The Morgan fingerprint density at radius 1 is 0.971 bits per heavy atom. The molecule has 1 aromatic heterocycles. The molecule has 0 aliphatic heterocycles. The van der Waals surface area contributed by atoms with Crippen LogP contribution in [-0.2, 0) is 25.6 Å². The number of para-hydroxylation sites is 1. The molecule has 5 atom stereocenters. The normalized spacial score (nSPS) is 15.6. The molecule has 34 heavy (non-hydrogen) atoms. The summed E-state index contributed by atoms with van der Waals surface area (Å²) < 4.78 is 0. The van der Waals surface area contributed by atoms with E-state index >= 15 is 0 Å². The number of aromatic nitrogens is 1. The smallest absolute Gasteiger partial charge is 0.326 e. The van der Waals surface area contributed by atoms with Crippen LogP contribution in [0.2, 0.25) is 0 Å². The van der Waals surface area contributed by atoms with Gasteiger partial charge in [-0.2, -0.15) is 0 Å². The second-order valence-corrected chi connectivity index (χ2v) is 7.72. The van der Waals surface area contributed by atoms with E-state index in [1.165, 1.54) is 6.92 Å². The lowest BCUT2D eigenvalue weighted by molar-refractivity contribution is -0.143. The van der Waals surface area contributed by atoms with Crippen molar-refractivity contribution in [2.75, 3.05) is 13.2 Å². The fourth-order valence-corrected chi connectivity index (χ4v) is 3.20. The molecule has 0 saturated heterocycles. The van der Waals surface area contributed by atoms with Gasteiger partial charge in [-0.15, -0.1) is 0 Å². The zero-order valence-electron chi connectivity index (χ0n) is 18.4. The van der Waals surface area contributed by atoms with Crippen LogP contribution in [0.25, 0.3) is 10.9 Å². The largest absolute Gasteiger partial charge is 0.480 e. The highest BCUT2D eigenvalue weighted by atomic mass is 16.4. The third kappa shape index (κ3) is 6.74. The van der Waals surface area contributed by atoms with Crippen LogP contribution in [0, 0.1) is 0 Å². The van der Waals surface area contributed by atoms with E-state index in [4.69, 9.17) is 10.8 Å². The van der Waals surface area contributed by atoms with Crippen LogP contribution >= 0.6 is 0 Å². The second-order valence-electron chi connectivity index (χ2n) is 7.72. The van der Waals surface area contributed by atoms with Gasteiger partial charge in [-0.1, -0.05) is 18.2 Å². The molecule has 0 saturated carbocycles. The number of aliphatic carboxylic acids is 1. The number of nitrogens with one attached hydrogen (secondary N) is 4. The van der Waals surface area contributed by atoms with Crippen LogP contribution in [0.15, 0.2) is 30.5 Å². The summed E-state index contributed by atoms with van der Waals surface area (Å²) in [5.74, 6) is -4.25. The highest BCUT2D eigenvalue weighted by molar-refractivity contribution is 5.94. The number of carboxylic acids is 1. The average molecular weight is 479 g/mol. The molecular formula is C21H29N5O8. The summed E-state index contributed by atoms with van der Waals surface area (Å²) in [6.45, 7) is -0.354. The SMILES string of the molecule is CC(O)C(NC(=O)C(CO)NC(=O)C(N)CO)C(=O)NC(Cc1c[nH]c2ccccc12)C(=O)O. The summed E-state index contributed by atoms with van der Waals surface area (Å²) in [4.78, 5) is 51.8. The predicted molar refractivity (Wildman–Crippen MR) is 119 cm³/mol. The standard InChI is InChI=1S/C21H29N5O8/c1-10(29)17(26-19(31)16(9-28)25-18(30)13(22)8-27)20(32)24-15(21(33)34)6-11-7-23-14-5-3-2-4-12(11)14/h2-5,7,10,13,15-17,23,27-29H,6,8-9,22H2,1H3,(H,24,32)(H,25,30)(H,26,31)(H,33,34). The monoisotopic (exact) mass is 479 g/mol.